The molecule has 0 amide bonds. The van der Waals surface area contributed by atoms with Gasteiger partial charge in [-0.25, -0.2) is 4.79 Å². The summed E-state index contributed by atoms with van der Waals surface area (Å²) in [5, 5.41) is 0.163. The predicted octanol–water partition coefficient (Wildman–Crippen LogP) is 1.49. The first-order valence-electron chi connectivity index (χ1n) is 6.78. The van der Waals surface area contributed by atoms with E-state index < -0.39 is 5.69 Å². The zero-order valence-electron chi connectivity index (χ0n) is 10.8. The highest BCUT2D eigenvalue weighted by Gasteiger charge is 2.42. The van der Waals surface area contributed by atoms with Gasteiger partial charge in [0.15, 0.2) is 0 Å². The SMILES string of the molecule is CCc1c(Cl)[nH]c(=O)n(C2CCOC2C2CC2)c1=O. The predicted molar refractivity (Wildman–Crippen MR) is 71.8 cm³/mol. The maximum Gasteiger partial charge on any atom is 0.329 e. The molecule has 3 rings (SSSR count). The van der Waals surface area contributed by atoms with E-state index in [1.54, 1.807) is 0 Å². The molecule has 1 saturated carbocycles. The molecular formula is C13H17ClN2O3. The van der Waals surface area contributed by atoms with Crippen molar-refractivity contribution in [2.45, 2.75) is 44.8 Å². The molecule has 1 aliphatic carbocycles. The molecule has 1 aromatic heterocycles. The lowest BCUT2D eigenvalue weighted by Gasteiger charge is -2.20. The number of rotatable bonds is 3. The molecule has 5 nitrogen and oxygen atoms in total. The van der Waals surface area contributed by atoms with Crippen LogP contribution in [0.1, 0.15) is 37.8 Å². The van der Waals surface area contributed by atoms with Gasteiger partial charge >= 0.3 is 5.69 Å². The summed E-state index contributed by atoms with van der Waals surface area (Å²) >= 11 is 5.92. The molecule has 1 aromatic rings. The van der Waals surface area contributed by atoms with Gasteiger partial charge in [-0.1, -0.05) is 18.5 Å². The largest absolute Gasteiger partial charge is 0.376 e. The minimum absolute atomic E-state index is 0.00433. The summed E-state index contributed by atoms with van der Waals surface area (Å²) in [5.74, 6) is 0.500. The van der Waals surface area contributed by atoms with E-state index in [4.69, 9.17) is 16.3 Å². The highest BCUT2D eigenvalue weighted by Crippen LogP contribution is 2.42. The van der Waals surface area contributed by atoms with Crippen LogP contribution >= 0.6 is 11.6 Å². The molecule has 104 valence electrons. The van der Waals surface area contributed by atoms with Gasteiger partial charge in [-0.05, 0) is 31.6 Å². The number of halogens is 1. The zero-order valence-corrected chi connectivity index (χ0v) is 11.6. The number of nitrogens with one attached hydrogen (secondary N) is 1. The van der Waals surface area contributed by atoms with Gasteiger partial charge in [-0.15, -0.1) is 0 Å². The quantitative estimate of drug-likeness (QED) is 0.856. The van der Waals surface area contributed by atoms with Crippen LogP contribution in [0.25, 0.3) is 0 Å². The monoisotopic (exact) mass is 284 g/mol. The minimum Gasteiger partial charge on any atom is -0.376 e. The van der Waals surface area contributed by atoms with Crippen molar-refractivity contribution in [2.24, 2.45) is 5.92 Å². The Morgan fingerprint density at radius 3 is 2.74 bits per heavy atom. The Bertz CT molecular complexity index is 603. The van der Waals surface area contributed by atoms with E-state index in [2.05, 4.69) is 4.98 Å². The van der Waals surface area contributed by atoms with Gasteiger partial charge < -0.3 is 4.74 Å². The van der Waals surface area contributed by atoms with Crippen molar-refractivity contribution in [3.05, 3.63) is 31.6 Å². The molecular weight excluding hydrogens is 268 g/mol. The first-order chi connectivity index (χ1) is 9.13. The lowest BCUT2D eigenvalue weighted by molar-refractivity contribution is 0.0734. The molecule has 2 fully saturated rings. The Morgan fingerprint density at radius 2 is 2.11 bits per heavy atom. The topological polar surface area (TPSA) is 64.1 Å². The number of hydrogen-bond donors (Lipinski definition) is 1. The van der Waals surface area contributed by atoms with Crippen molar-refractivity contribution in [1.29, 1.82) is 0 Å². The normalized spacial score (nSPS) is 26.8. The molecule has 2 heterocycles. The molecule has 0 radical (unpaired) electrons. The summed E-state index contributed by atoms with van der Waals surface area (Å²) in [6.07, 6.45) is 3.49. The van der Waals surface area contributed by atoms with E-state index >= 15 is 0 Å². The van der Waals surface area contributed by atoms with E-state index in [0.717, 1.165) is 19.3 Å². The first-order valence-corrected chi connectivity index (χ1v) is 7.16. The van der Waals surface area contributed by atoms with Crippen LogP contribution in [0.2, 0.25) is 5.15 Å². The third-order valence-corrected chi connectivity index (χ3v) is 4.37. The van der Waals surface area contributed by atoms with Crippen LogP contribution in [0, 0.1) is 5.92 Å². The minimum atomic E-state index is -0.423. The maximum absolute atomic E-state index is 12.4. The van der Waals surface area contributed by atoms with E-state index in [1.165, 1.54) is 4.57 Å². The fourth-order valence-electron chi connectivity index (χ4n) is 2.92. The fourth-order valence-corrected chi connectivity index (χ4v) is 3.22. The molecule has 1 N–H and O–H groups in total. The van der Waals surface area contributed by atoms with Crippen LogP contribution in [0.15, 0.2) is 9.59 Å². The molecule has 0 bridgehead atoms. The van der Waals surface area contributed by atoms with Crippen molar-refractivity contribution in [1.82, 2.24) is 9.55 Å². The Balaban J connectivity index is 2.09. The van der Waals surface area contributed by atoms with Gasteiger partial charge in [-0.3, -0.25) is 14.3 Å². The van der Waals surface area contributed by atoms with Crippen molar-refractivity contribution in [3.8, 4) is 0 Å². The Hall–Kier alpha value is -1.07. The van der Waals surface area contributed by atoms with Gasteiger partial charge in [0.2, 0.25) is 0 Å². The van der Waals surface area contributed by atoms with Crippen LogP contribution in [0.5, 0.6) is 0 Å². The molecule has 2 unspecified atom stereocenters. The second-order valence-electron chi connectivity index (χ2n) is 5.28. The lowest BCUT2D eigenvalue weighted by Crippen LogP contribution is -2.42. The second-order valence-corrected chi connectivity index (χ2v) is 5.66. The van der Waals surface area contributed by atoms with E-state index in [1.807, 2.05) is 6.92 Å². The summed E-state index contributed by atoms with van der Waals surface area (Å²) in [7, 11) is 0. The highest BCUT2D eigenvalue weighted by molar-refractivity contribution is 6.30. The van der Waals surface area contributed by atoms with E-state index in [0.29, 0.717) is 24.5 Å². The molecule has 0 spiro atoms. The summed E-state index contributed by atoms with van der Waals surface area (Å²) in [4.78, 5) is 27.1. The third kappa shape index (κ3) is 2.15. The number of H-pyrrole nitrogens is 1. The van der Waals surface area contributed by atoms with Gasteiger partial charge in [0.25, 0.3) is 5.56 Å². The molecule has 2 aliphatic rings. The Kier molecular flexibility index (Phi) is 3.27. The molecule has 1 aliphatic heterocycles. The van der Waals surface area contributed by atoms with Crippen LogP contribution in [0.4, 0.5) is 0 Å². The summed E-state index contributed by atoms with van der Waals surface area (Å²) in [5.41, 5.74) is -0.214. The fraction of sp³-hybridized carbons (Fsp3) is 0.692. The van der Waals surface area contributed by atoms with E-state index in [9.17, 15) is 9.59 Å². The Labute approximate surface area is 115 Å². The number of nitrogens with zero attached hydrogens (tertiary/aromatic N) is 1. The van der Waals surface area contributed by atoms with Crippen molar-refractivity contribution in [3.63, 3.8) is 0 Å². The first kappa shape index (κ1) is 12.9. The van der Waals surface area contributed by atoms with Crippen molar-refractivity contribution in [2.75, 3.05) is 6.61 Å². The second kappa shape index (κ2) is 4.80. The van der Waals surface area contributed by atoms with Gasteiger partial charge in [0, 0.05) is 6.61 Å². The van der Waals surface area contributed by atoms with Gasteiger partial charge in [0.1, 0.15) is 5.15 Å². The number of ether oxygens (including phenoxy) is 1. The maximum atomic E-state index is 12.4. The average Bonchev–Trinajstić information content (AvgIpc) is 3.09. The van der Waals surface area contributed by atoms with Crippen molar-refractivity contribution < 1.29 is 4.74 Å². The van der Waals surface area contributed by atoms with Crippen LogP contribution in [-0.4, -0.2) is 22.3 Å². The molecule has 2 atom stereocenters. The zero-order chi connectivity index (χ0) is 13.6. The average molecular weight is 285 g/mol. The summed E-state index contributed by atoms with van der Waals surface area (Å²) < 4.78 is 7.03. The summed E-state index contributed by atoms with van der Waals surface area (Å²) in [6.45, 7) is 2.47. The smallest absolute Gasteiger partial charge is 0.329 e. The van der Waals surface area contributed by atoms with Gasteiger partial charge in [0.05, 0.1) is 17.7 Å². The molecule has 6 heteroatoms. The van der Waals surface area contributed by atoms with Gasteiger partial charge in [-0.2, -0.15) is 0 Å². The third-order valence-electron chi connectivity index (χ3n) is 4.05. The molecule has 0 aromatic carbocycles. The van der Waals surface area contributed by atoms with Crippen LogP contribution in [-0.2, 0) is 11.2 Å². The lowest BCUT2D eigenvalue weighted by atomic mass is 10.1. The molecule has 1 saturated heterocycles. The number of hydrogen-bond acceptors (Lipinski definition) is 3. The number of aromatic nitrogens is 2. The highest BCUT2D eigenvalue weighted by atomic mass is 35.5. The Morgan fingerprint density at radius 1 is 1.37 bits per heavy atom. The van der Waals surface area contributed by atoms with Crippen LogP contribution < -0.4 is 11.2 Å². The standard InChI is InChI=1S/C13H17ClN2O3/c1-2-8-11(14)15-13(18)16(12(8)17)9-5-6-19-10(9)7-3-4-7/h7,9-10H,2-6H2,1H3,(H,15,18). The van der Waals surface area contributed by atoms with E-state index in [-0.39, 0.29) is 22.9 Å². The number of aromatic amines is 1. The van der Waals surface area contributed by atoms with Crippen LogP contribution in [0.3, 0.4) is 0 Å². The van der Waals surface area contributed by atoms with Crippen molar-refractivity contribution >= 4 is 11.6 Å². The summed E-state index contributed by atoms with van der Waals surface area (Å²) in [6, 6.07) is -0.147. The molecule has 19 heavy (non-hydrogen) atoms.